The first-order valence-corrected chi connectivity index (χ1v) is 8.67. The fourth-order valence-corrected chi connectivity index (χ4v) is 4.07. The quantitative estimate of drug-likeness (QED) is 0.852. The molecule has 1 aromatic heterocycles. The first-order valence-electron chi connectivity index (χ1n) is 8.67. The zero-order valence-corrected chi connectivity index (χ0v) is 14.4. The molecule has 5 nitrogen and oxygen atoms in total. The van der Waals surface area contributed by atoms with Gasteiger partial charge in [0.25, 0.3) is 0 Å². The topological polar surface area (TPSA) is 41.4 Å². The lowest BCUT2D eigenvalue weighted by Gasteiger charge is -2.22. The highest BCUT2D eigenvalue weighted by Gasteiger charge is 2.41. The third-order valence-corrected chi connectivity index (χ3v) is 5.40. The molecule has 24 heavy (non-hydrogen) atoms. The van der Waals surface area contributed by atoms with Gasteiger partial charge in [0.05, 0.1) is 6.20 Å². The SMILES string of the molecule is Cc1cnn(C(=O)N2CC3CN(Cc4ccccc4C)CC3C2)c1. The Kier molecular flexibility index (Phi) is 3.88. The molecule has 2 unspecified atom stereocenters. The van der Waals surface area contributed by atoms with Crippen LogP contribution in [0, 0.1) is 25.7 Å². The first kappa shape index (κ1) is 15.4. The predicted octanol–water partition coefficient (Wildman–Crippen LogP) is 2.53. The van der Waals surface area contributed by atoms with E-state index in [9.17, 15) is 4.79 Å². The molecule has 2 fully saturated rings. The van der Waals surface area contributed by atoms with Gasteiger partial charge >= 0.3 is 6.03 Å². The second-order valence-corrected chi connectivity index (χ2v) is 7.29. The number of aromatic nitrogens is 2. The van der Waals surface area contributed by atoms with Gasteiger partial charge in [0.15, 0.2) is 0 Å². The second-order valence-electron chi connectivity index (χ2n) is 7.29. The molecule has 0 saturated carbocycles. The Morgan fingerprint density at radius 2 is 1.83 bits per heavy atom. The number of carbonyl (C=O) groups excluding carboxylic acids is 1. The van der Waals surface area contributed by atoms with Gasteiger partial charge in [-0.05, 0) is 42.4 Å². The van der Waals surface area contributed by atoms with Crippen LogP contribution < -0.4 is 0 Å². The largest absolute Gasteiger partial charge is 0.344 e. The van der Waals surface area contributed by atoms with Gasteiger partial charge in [-0.1, -0.05) is 24.3 Å². The zero-order chi connectivity index (χ0) is 16.7. The number of likely N-dealkylation sites (tertiary alicyclic amines) is 2. The molecule has 2 aliphatic heterocycles. The molecule has 2 atom stereocenters. The van der Waals surface area contributed by atoms with Crippen molar-refractivity contribution < 1.29 is 4.79 Å². The van der Waals surface area contributed by atoms with Crippen LogP contribution in [0.2, 0.25) is 0 Å². The van der Waals surface area contributed by atoms with E-state index in [4.69, 9.17) is 0 Å². The lowest BCUT2D eigenvalue weighted by molar-refractivity contribution is 0.197. The molecule has 0 bridgehead atoms. The lowest BCUT2D eigenvalue weighted by Crippen LogP contribution is -2.36. The average Bonchev–Trinajstić information content (AvgIpc) is 3.23. The minimum Gasteiger partial charge on any atom is -0.322 e. The maximum Gasteiger partial charge on any atom is 0.344 e. The lowest BCUT2D eigenvalue weighted by atomic mass is 10.0. The van der Waals surface area contributed by atoms with Gasteiger partial charge in [0.1, 0.15) is 0 Å². The molecule has 2 saturated heterocycles. The molecule has 1 amide bonds. The Bertz CT molecular complexity index is 739. The van der Waals surface area contributed by atoms with Crippen molar-refractivity contribution in [3.05, 3.63) is 53.3 Å². The highest BCUT2D eigenvalue weighted by Crippen LogP contribution is 2.32. The van der Waals surface area contributed by atoms with Gasteiger partial charge in [-0.25, -0.2) is 4.79 Å². The monoisotopic (exact) mass is 324 g/mol. The molecule has 0 radical (unpaired) electrons. The average molecular weight is 324 g/mol. The predicted molar refractivity (Wildman–Crippen MR) is 92.8 cm³/mol. The number of aryl methyl sites for hydroxylation is 2. The van der Waals surface area contributed by atoms with Gasteiger partial charge < -0.3 is 4.90 Å². The standard InChI is InChI=1S/C19H24N4O/c1-14-7-20-23(8-14)19(24)22-12-17-10-21(11-18(17)13-22)9-16-6-4-3-5-15(16)2/h3-8,17-18H,9-13H2,1-2H3. The fraction of sp³-hybridized carbons (Fsp3) is 0.474. The van der Waals surface area contributed by atoms with E-state index in [-0.39, 0.29) is 6.03 Å². The van der Waals surface area contributed by atoms with Crippen molar-refractivity contribution in [2.75, 3.05) is 26.2 Å². The minimum absolute atomic E-state index is 0.0166. The van der Waals surface area contributed by atoms with Crippen molar-refractivity contribution in [1.29, 1.82) is 0 Å². The fourth-order valence-electron chi connectivity index (χ4n) is 4.07. The Balaban J connectivity index is 1.37. The van der Waals surface area contributed by atoms with Crippen LogP contribution in [0.1, 0.15) is 16.7 Å². The van der Waals surface area contributed by atoms with Crippen molar-refractivity contribution in [2.45, 2.75) is 20.4 Å². The van der Waals surface area contributed by atoms with E-state index in [1.54, 1.807) is 12.4 Å². The molecule has 4 rings (SSSR count). The summed E-state index contributed by atoms with van der Waals surface area (Å²) in [6, 6.07) is 8.63. The number of amides is 1. The summed E-state index contributed by atoms with van der Waals surface area (Å²) in [4.78, 5) is 17.0. The van der Waals surface area contributed by atoms with E-state index in [1.807, 2.05) is 11.8 Å². The first-order chi connectivity index (χ1) is 11.6. The van der Waals surface area contributed by atoms with Crippen LogP contribution in [0.5, 0.6) is 0 Å². The molecular weight excluding hydrogens is 300 g/mol. The minimum atomic E-state index is 0.0166. The molecule has 2 aliphatic rings. The van der Waals surface area contributed by atoms with Crippen LogP contribution >= 0.6 is 0 Å². The number of rotatable bonds is 2. The van der Waals surface area contributed by atoms with E-state index < -0.39 is 0 Å². The van der Waals surface area contributed by atoms with E-state index >= 15 is 0 Å². The maximum absolute atomic E-state index is 12.5. The summed E-state index contributed by atoms with van der Waals surface area (Å²) in [5.74, 6) is 1.18. The third kappa shape index (κ3) is 2.84. The van der Waals surface area contributed by atoms with E-state index in [2.05, 4.69) is 41.2 Å². The van der Waals surface area contributed by atoms with Gasteiger partial charge in [-0.2, -0.15) is 9.78 Å². The maximum atomic E-state index is 12.5. The van der Waals surface area contributed by atoms with Crippen LogP contribution in [0.4, 0.5) is 4.79 Å². The summed E-state index contributed by atoms with van der Waals surface area (Å²) >= 11 is 0. The van der Waals surface area contributed by atoms with Gasteiger partial charge in [0, 0.05) is 38.9 Å². The number of hydrogen-bond donors (Lipinski definition) is 0. The summed E-state index contributed by atoms with van der Waals surface area (Å²) in [7, 11) is 0. The molecule has 1 aromatic carbocycles. The molecule has 5 heteroatoms. The molecule has 0 aliphatic carbocycles. The summed E-state index contributed by atoms with van der Waals surface area (Å²) in [6.07, 6.45) is 3.54. The number of hydrogen-bond acceptors (Lipinski definition) is 3. The Labute approximate surface area is 142 Å². The zero-order valence-electron chi connectivity index (χ0n) is 14.4. The molecule has 3 heterocycles. The number of nitrogens with zero attached hydrogens (tertiary/aromatic N) is 4. The van der Waals surface area contributed by atoms with Crippen LogP contribution in [0.25, 0.3) is 0 Å². The van der Waals surface area contributed by atoms with Gasteiger partial charge in [-0.3, -0.25) is 4.90 Å². The van der Waals surface area contributed by atoms with Crippen LogP contribution in [-0.2, 0) is 6.54 Å². The van der Waals surface area contributed by atoms with Crippen LogP contribution in [0.15, 0.2) is 36.7 Å². The summed E-state index contributed by atoms with van der Waals surface area (Å²) in [5, 5.41) is 4.15. The molecule has 126 valence electrons. The van der Waals surface area contributed by atoms with Crippen molar-refractivity contribution in [1.82, 2.24) is 19.6 Å². The highest BCUT2D eigenvalue weighted by atomic mass is 16.2. The Morgan fingerprint density at radius 3 is 2.46 bits per heavy atom. The molecular formula is C19H24N4O. The smallest absolute Gasteiger partial charge is 0.322 e. The van der Waals surface area contributed by atoms with Crippen molar-refractivity contribution in [3.63, 3.8) is 0 Å². The summed E-state index contributed by atoms with van der Waals surface area (Å²) < 4.78 is 1.47. The van der Waals surface area contributed by atoms with E-state index in [0.717, 1.165) is 38.3 Å². The number of benzene rings is 1. The van der Waals surface area contributed by atoms with Crippen LogP contribution in [0.3, 0.4) is 0 Å². The van der Waals surface area contributed by atoms with Crippen molar-refractivity contribution in [2.24, 2.45) is 11.8 Å². The van der Waals surface area contributed by atoms with Crippen molar-refractivity contribution >= 4 is 6.03 Å². The van der Waals surface area contributed by atoms with E-state index in [1.165, 1.54) is 15.8 Å². The molecule has 0 N–H and O–H groups in total. The summed E-state index contributed by atoms with van der Waals surface area (Å²) in [5.41, 5.74) is 3.80. The molecule has 0 spiro atoms. The highest BCUT2D eigenvalue weighted by molar-refractivity contribution is 5.76. The second kappa shape index (κ2) is 6.06. The van der Waals surface area contributed by atoms with E-state index in [0.29, 0.717) is 11.8 Å². The number of fused-ring (bicyclic) bond motifs is 1. The Hall–Kier alpha value is -2.14. The molecule has 2 aromatic rings. The van der Waals surface area contributed by atoms with Gasteiger partial charge in [0.2, 0.25) is 0 Å². The Morgan fingerprint density at radius 1 is 1.12 bits per heavy atom. The van der Waals surface area contributed by atoms with Gasteiger partial charge in [-0.15, -0.1) is 0 Å². The van der Waals surface area contributed by atoms with Crippen molar-refractivity contribution in [3.8, 4) is 0 Å². The third-order valence-electron chi connectivity index (χ3n) is 5.40. The van der Waals surface area contributed by atoms with Crippen LogP contribution in [-0.4, -0.2) is 51.8 Å². The number of carbonyl (C=O) groups is 1. The normalized spacial score (nSPS) is 23.7. The summed E-state index contributed by atoms with van der Waals surface area (Å²) in [6.45, 7) is 9.03.